The highest BCUT2D eigenvalue weighted by molar-refractivity contribution is 5.81. The van der Waals surface area contributed by atoms with Gasteiger partial charge in [0.05, 0.1) is 18.7 Å². The zero-order valence-electron chi connectivity index (χ0n) is 13.6. The van der Waals surface area contributed by atoms with E-state index in [1.54, 1.807) is 7.11 Å². The Morgan fingerprint density at radius 3 is 2.52 bits per heavy atom. The summed E-state index contributed by atoms with van der Waals surface area (Å²) in [6.45, 7) is 6.79. The maximum Gasteiger partial charge on any atom is 0.124 e. The first-order chi connectivity index (χ1) is 10.1. The van der Waals surface area contributed by atoms with Crippen molar-refractivity contribution >= 4 is 10.9 Å². The molecule has 2 aromatic rings. The third kappa shape index (κ3) is 2.78. The summed E-state index contributed by atoms with van der Waals surface area (Å²) < 4.78 is 7.59. The fourth-order valence-corrected chi connectivity index (χ4v) is 3.63. The Morgan fingerprint density at radius 1 is 1.19 bits per heavy atom. The molecule has 0 aliphatic heterocycles. The summed E-state index contributed by atoms with van der Waals surface area (Å²) in [6, 6.07) is 4.80. The van der Waals surface area contributed by atoms with Gasteiger partial charge in [0.15, 0.2) is 0 Å². The van der Waals surface area contributed by atoms with Crippen molar-refractivity contribution in [2.24, 2.45) is 11.8 Å². The summed E-state index contributed by atoms with van der Waals surface area (Å²) in [4.78, 5) is 0. The molecule has 114 valence electrons. The smallest absolute Gasteiger partial charge is 0.124 e. The van der Waals surface area contributed by atoms with E-state index in [2.05, 4.69) is 43.8 Å². The van der Waals surface area contributed by atoms with Crippen LogP contribution in [-0.4, -0.2) is 16.9 Å². The second-order valence-electron chi connectivity index (χ2n) is 6.80. The average Bonchev–Trinajstić information content (AvgIpc) is 2.89. The summed E-state index contributed by atoms with van der Waals surface area (Å²) in [5.41, 5.74) is 2.22. The molecule has 1 aromatic heterocycles. The molecule has 0 spiro atoms. The van der Waals surface area contributed by atoms with Crippen LogP contribution in [0, 0.1) is 18.8 Å². The van der Waals surface area contributed by atoms with Crippen LogP contribution in [-0.2, 0) is 0 Å². The third-order valence-electron chi connectivity index (χ3n) is 5.10. The van der Waals surface area contributed by atoms with E-state index in [0.717, 1.165) is 23.1 Å². The number of rotatable bonds is 3. The predicted molar refractivity (Wildman–Crippen MR) is 86.9 cm³/mol. The SMILES string of the molecule is COc1cc2nn(C3CCC(C(C)C)CC3)cc2cc1C. The number of ether oxygens (including phenoxy) is 1. The highest BCUT2D eigenvalue weighted by atomic mass is 16.5. The van der Waals surface area contributed by atoms with Crippen molar-refractivity contribution in [2.75, 3.05) is 7.11 Å². The van der Waals surface area contributed by atoms with E-state index in [4.69, 9.17) is 9.84 Å². The Kier molecular flexibility index (Phi) is 3.92. The predicted octanol–water partition coefficient (Wildman–Crippen LogP) is 4.74. The maximum absolute atomic E-state index is 5.40. The molecule has 21 heavy (non-hydrogen) atoms. The molecule has 1 fully saturated rings. The monoisotopic (exact) mass is 286 g/mol. The van der Waals surface area contributed by atoms with Gasteiger partial charge in [-0.25, -0.2) is 0 Å². The number of aryl methyl sites for hydroxylation is 1. The number of fused-ring (bicyclic) bond motifs is 1. The summed E-state index contributed by atoms with van der Waals surface area (Å²) in [7, 11) is 1.72. The van der Waals surface area contributed by atoms with Crippen molar-refractivity contribution in [3.05, 3.63) is 23.9 Å². The number of benzene rings is 1. The van der Waals surface area contributed by atoms with Gasteiger partial charge in [0.1, 0.15) is 5.75 Å². The van der Waals surface area contributed by atoms with Crippen molar-refractivity contribution in [1.29, 1.82) is 0 Å². The molecule has 0 amide bonds. The molecule has 1 heterocycles. The molecule has 1 aromatic carbocycles. The van der Waals surface area contributed by atoms with E-state index in [-0.39, 0.29) is 0 Å². The average molecular weight is 286 g/mol. The second kappa shape index (κ2) is 5.70. The number of hydrogen-bond donors (Lipinski definition) is 0. The summed E-state index contributed by atoms with van der Waals surface area (Å²) in [6.07, 6.45) is 7.39. The molecule has 0 N–H and O–H groups in total. The van der Waals surface area contributed by atoms with Gasteiger partial charge in [0, 0.05) is 17.6 Å². The molecule has 0 saturated heterocycles. The molecular weight excluding hydrogens is 260 g/mol. The van der Waals surface area contributed by atoms with Gasteiger partial charge >= 0.3 is 0 Å². The van der Waals surface area contributed by atoms with E-state index >= 15 is 0 Å². The van der Waals surface area contributed by atoms with Crippen LogP contribution in [0.15, 0.2) is 18.3 Å². The number of methoxy groups -OCH3 is 1. The van der Waals surface area contributed by atoms with Crippen LogP contribution in [0.1, 0.15) is 51.1 Å². The lowest BCUT2D eigenvalue weighted by atomic mass is 9.80. The van der Waals surface area contributed by atoms with Gasteiger partial charge in [-0.2, -0.15) is 5.10 Å². The zero-order chi connectivity index (χ0) is 15.0. The molecule has 0 unspecified atom stereocenters. The maximum atomic E-state index is 5.40. The molecule has 1 aliphatic carbocycles. The highest BCUT2D eigenvalue weighted by Gasteiger charge is 2.24. The molecule has 1 aliphatic rings. The lowest BCUT2D eigenvalue weighted by Crippen LogP contribution is -2.21. The lowest BCUT2D eigenvalue weighted by molar-refractivity contribution is 0.217. The molecule has 0 atom stereocenters. The summed E-state index contributed by atoms with van der Waals surface area (Å²) in [5.74, 6) is 2.64. The molecular formula is C18H26N2O. The van der Waals surface area contributed by atoms with Crippen molar-refractivity contribution < 1.29 is 4.74 Å². The Balaban J connectivity index is 1.82. The van der Waals surface area contributed by atoms with Gasteiger partial charge in [0.25, 0.3) is 0 Å². The minimum atomic E-state index is 0.568. The minimum absolute atomic E-state index is 0.568. The minimum Gasteiger partial charge on any atom is -0.496 e. The Morgan fingerprint density at radius 2 is 1.90 bits per heavy atom. The van der Waals surface area contributed by atoms with Crippen LogP contribution in [0.5, 0.6) is 5.75 Å². The van der Waals surface area contributed by atoms with Gasteiger partial charge in [0.2, 0.25) is 0 Å². The van der Waals surface area contributed by atoms with Gasteiger partial charge in [-0.15, -0.1) is 0 Å². The molecule has 3 heteroatoms. The van der Waals surface area contributed by atoms with Crippen LogP contribution < -0.4 is 4.74 Å². The van der Waals surface area contributed by atoms with Crippen LogP contribution in [0.2, 0.25) is 0 Å². The first-order valence-electron chi connectivity index (χ1n) is 8.12. The van der Waals surface area contributed by atoms with E-state index in [1.807, 2.05) is 0 Å². The highest BCUT2D eigenvalue weighted by Crippen LogP contribution is 2.36. The van der Waals surface area contributed by atoms with Gasteiger partial charge in [-0.05, 0) is 56.1 Å². The van der Waals surface area contributed by atoms with Crippen molar-refractivity contribution in [1.82, 2.24) is 9.78 Å². The van der Waals surface area contributed by atoms with Crippen LogP contribution in [0.25, 0.3) is 10.9 Å². The Hall–Kier alpha value is -1.51. The van der Waals surface area contributed by atoms with Crippen molar-refractivity contribution in [3.8, 4) is 5.75 Å². The standard InChI is InChI=1S/C18H26N2O/c1-12(2)14-5-7-16(8-6-14)20-11-15-9-13(3)18(21-4)10-17(15)19-20/h9-12,14,16H,5-8H2,1-4H3. The topological polar surface area (TPSA) is 27.1 Å². The molecule has 0 bridgehead atoms. The fraction of sp³-hybridized carbons (Fsp3) is 0.611. The summed E-state index contributed by atoms with van der Waals surface area (Å²) >= 11 is 0. The molecule has 0 radical (unpaired) electrons. The van der Waals surface area contributed by atoms with E-state index in [1.165, 1.54) is 36.6 Å². The third-order valence-corrected chi connectivity index (χ3v) is 5.10. The Bertz CT molecular complexity index is 621. The first-order valence-corrected chi connectivity index (χ1v) is 8.12. The zero-order valence-corrected chi connectivity index (χ0v) is 13.6. The van der Waals surface area contributed by atoms with Crippen LogP contribution >= 0.6 is 0 Å². The van der Waals surface area contributed by atoms with Crippen molar-refractivity contribution in [2.45, 2.75) is 52.5 Å². The van der Waals surface area contributed by atoms with E-state index in [9.17, 15) is 0 Å². The molecule has 3 rings (SSSR count). The largest absolute Gasteiger partial charge is 0.496 e. The van der Waals surface area contributed by atoms with Gasteiger partial charge in [-0.1, -0.05) is 13.8 Å². The van der Waals surface area contributed by atoms with E-state index < -0.39 is 0 Å². The quantitative estimate of drug-likeness (QED) is 0.814. The van der Waals surface area contributed by atoms with Crippen molar-refractivity contribution in [3.63, 3.8) is 0 Å². The van der Waals surface area contributed by atoms with Gasteiger partial charge in [-0.3, -0.25) is 4.68 Å². The van der Waals surface area contributed by atoms with Gasteiger partial charge < -0.3 is 4.74 Å². The summed E-state index contributed by atoms with van der Waals surface area (Å²) in [5, 5.41) is 6.01. The first kappa shape index (κ1) is 14.4. The number of hydrogen-bond acceptors (Lipinski definition) is 2. The molecule has 3 nitrogen and oxygen atoms in total. The number of nitrogens with zero attached hydrogens (tertiary/aromatic N) is 2. The Labute approximate surface area is 127 Å². The van der Waals surface area contributed by atoms with E-state index in [0.29, 0.717) is 6.04 Å². The number of aromatic nitrogens is 2. The van der Waals surface area contributed by atoms with Crippen LogP contribution in [0.4, 0.5) is 0 Å². The lowest BCUT2D eigenvalue weighted by Gasteiger charge is -2.30. The molecule has 1 saturated carbocycles. The normalized spacial score (nSPS) is 22.9. The van der Waals surface area contributed by atoms with Crippen LogP contribution in [0.3, 0.4) is 0 Å². The fourth-order valence-electron chi connectivity index (χ4n) is 3.63. The second-order valence-corrected chi connectivity index (χ2v) is 6.80.